The third-order valence-corrected chi connectivity index (χ3v) is 4.77. The molecule has 0 atom stereocenters. The van der Waals surface area contributed by atoms with Crippen LogP contribution in [0.4, 0.5) is 11.6 Å². The van der Waals surface area contributed by atoms with Gasteiger partial charge in [-0.2, -0.15) is 14.7 Å². The molecule has 9 nitrogen and oxygen atoms in total. The minimum Gasteiger partial charge on any atom is -0.378 e. The third kappa shape index (κ3) is 3.72. The highest BCUT2D eigenvalue weighted by atomic mass is 16.5. The summed E-state index contributed by atoms with van der Waals surface area (Å²) in [4.78, 5) is 13.9. The smallest absolute Gasteiger partial charge is 0.179 e. The van der Waals surface area contributed by atoms with E-state index in [9.17, 15) is 0 Å². The zero-order valence-corrected chi connectivity index (χ0v) is 15.8. The van der Waals surface area contributed by atoms with Crippen LogP contribution < -0.4 is 4.90 Å². The first kappa shape index (κ1) is 17.5. The van der Waals surface area contributed by atoms with Gasteiger partial charge in [0.15, 0.2) is 11.5 Å². The van der Waals surface area contributed by atoms with Crippen molar-refractivity contribution < 1.29 is 4.74 Å². The van der Waals surface area contributed by atoms with Gasteiger partial charge in [0.1, 0.15) is 12.4 Å². The summed E-state index contributed by atoms with van der Waals surface area (Å²) in [7, 11) is 0. The van der Waals surface area contributed by atoms with Gasteiger partial charge in [0, 0.05) is 37.0 Å². The second kappa shape index (κ2) is 7.80. The Morgan fingerprint density at radius 3 is 2.76 bits per heavy atom. The molecule has 5 rings (SSSR count). The van der Waals surface area contributed by atoms with E-state index in [2.05, 4.69) is 30.1 Å². The monoisotopic (exact) mass is 388 g/mol. The topological polar surface area (TPSA) is 96.1 Å². The van der Waals surface area contributed by atoms with Crippen molar-refractivity contribution in [3.63, 3.8) is 0 Å². The minimum absolute atomic E-state index is 0.425. The first-order valence-electron chi connectivity index (χ1n) is 9.50. The van der Waals surface area contributed by atoms with Gasteiger partial charge in [0.2, 0.25) is 0 Å². The largest absolute Gasteiger partial charge is 0.378 e. The molecule has 0 unspecified atom stereocenters. The second-order valence-electron chi connectivity index (χ2n) is 6.71. The summed E-state index contributed by atoms with van der Waals surface area (Å²) in [5.41, 5.74) is 3.56. The molecule has 1 fully saturated rings. The Hall–Kier alpha value is -3.59. The van der Waals surface area contributed by atoms with Gasteiger partial charge >= 0.3 is 0 Å². The molecule has 29 heavy (non-hydrogen) atoms. The zero-order valence-electron chi connectivity index (χ0n) is 15.8. The van der Waals surface area contributed by atoms with Crippen molar-refractivity contribution in [1.29, 1.82) is 0 Å². The van der Waals surface area contributed by atoms with Gasteiger partial charge in [-0.1, -0.05) is 30.3 Å². The molecule has 0 radical (unpaired) electrons. The number of H-pyrrole nitrogens is 1. The van der Waals surface area contributed by atoms with Crippen LogP contribution in [0.1, 0.15) is 5.69 Å². The molecule has 0 bridgehead atoms. The SMILES string of the molecule is c1ccc(-c2cc3nc(N=NCc4cnc[nH]4)cc(N4CCOCC4)n3n2)cc1. The Morgan fingerprint density at radius 2 is 1.97 bits per heavy atom. The van der Waals surface area contributed by atoms with E-state index in [0.717, 1.165) is 41.5 Å². The molecule has 4 aromatic rings. The number of morpholine rings is 1. The highest BCUT2D eigenvalue weighted by Gasteiger charge is 2.18. The standard InChI is InChI=1S/C20H20N8O/c1-2-4-15(5-3-1)17-10-19-24-18(25-23-13-16-12-21-14-22-16)11-20(28(19)26-17)27-6-8-29-9-7-27/h1-5,10-12,14H,6-9,13H2,(H,21,22). The first-order valence-corrected chi connectivity index (χ1v) is 9.50. The molecule has 1 aromatic carbocycles. The lowest BCUT2D eigenvalue weighted by Gasteiger charge is -2.28. The molecule has 0 spiro atoms. The molecule has 4 heterocycles. The summed E-state index contributed by atoms with van der Waals surface area (Å²) in [6.07, 6.45) is 3.36. The summed E-state index contributed by atoms with van der Waals surface area (Å²) in [5, 5.41) is 13.4. The summed E-state index contributed by atoms with van der Waals surface area (Å²) in [6, 6.07) is 14.0. The molecular weight excluding hydrogens is 368 g/mol. The number of azo groups is 1. The van der Waals surface area contributed by atoms with E-state index < -0.39 is 0 Å². The fourth-order valence-corrected chi connectivity index (χ4v) is 3.32. The molecule has 3 aromatic heterocycles. The maximum Gasteiger partial charge on any atom is 0.179 e. The van der Waals surface area contributed by atoms with E-state index in [1.807, 2.05) is 47.0 Å². The Bertz CT molecular complexity index is 1110. The van der Waals surface area contributed by atoms with Crippen molar-refractivity contribution in [2.45, 2.75) is 6.54 Å². The summed E-state index contributed by atoms with van der Waals surface area (Å²) >= 11 is 0. The molecule has 0 aliphatic carbocycles. The molecule has 0 amide bonds. The number of nitrogens with one attached hydrogen (secondary N) is 1. The van der Waals surface area contributed by atoms with Gasteiger partial charge in [0.05, 0.1) is 30.9 Å². The van der Waals surface area contributed by atoms with Crippen LogP contribution in [-0.4, -0.2) is 50.9 Å². The van der Waals surface area contributed by atoms with Crippen molar-refractivity contribution >= 4 is 17.3 Å². The maximum atomic E-state index is 5.51. The molecule has 1 aliphatic rings. The van der Waals surface area contributed by atoms with Crippen molar-refractivity contribution in [2.75, 3.05) is 31.2 Å². The second-order valence-corrected chi connectivity index (χ2v) is 6.71. The molecule has 9 heteroatoms. The van der Waals surface area contributed by atoms with Crippen LogP contribution in [0.25, 0.3) is 16.9 Å². The number of hydrogen-bond donors (Lipinski definition) is 1. The van der Waals surface area contributed by atoms with Crippen molar-refractivity contribution in [2.24, 2.45) is 10.2 Å². The average molecular weight is 388 g/mol. The summed E-state index contributed by atoms with van der Waals surface area (Å²) in [6.45, 7) is 3.39. The maximum absolute atomic E-state index is 5.51. The van der Waals surface area contributed by atoms with Crippen LogP contribution in [0.5, 0.6) is 0 Å². The predicted octanol–water partition coefficient (Wildman–Crippen LogP) is 3.24. The van der Waals surface area contributed by atoms with Gasteiger partial charge < -0.3 is 14.6 Å². The van der Waals surface area contributed by atoms with Crippen LogP contribution in [-0.2, 0) is 11.3 Å². The van der Waals surface area contributed by atoms with E-state index >= 15 is 0 Å². The zero-order chi connectivity index (χ0) is 19.5. The van der Waals surface area contributed by atoms with E-state index in [-0.39, 0.29) is 0 Å². The van der Waals surface area contributed by atoms with Crippen LogP contribution in [0.3, 0.4) is 0 Å². The lowest BCUT2D eigenvalue weighted by atomic mass is 10.2. The van der Waals surface area contributed by atoms with Crippen LogP contribution in [0.2, 0.25) is 0 Å². The first-order chi connectivity index (χ1) is 14.4. The number of rotatable bonds is 5. The molecule has 1 aliphatic heterocycles. The minimum atomic E-state index is 0.425. The van der Waals surface area contributed by atoms with Crippen LogP contribution in [0.15, 0.2) is 65.2 Å². The number of anilines is 1. The fraction of sp³-hybridized carbons (Fsp3) is 0.250. The van der Waals surface area contributed by atoms with Gasteiger partial charge in [-0.05, 0) is 0 Å². The number of fused-ring (bicyclic) bond motifs is 1. The van der Waals surface area contributed by atoms with Crippen molar-refractivity contribution in [3.8, 4) is 11.3 Å². The number of nitrogens with zero attached hydrogens (tertiary/aromatic N) is 7. The van der Waals surface area contributed by atoms with E-state index in [1.165, 1.54) is 0 Å². The van der Waals surface area contributed by atoms with Gasteiger partial charge in [-0.3, -0.25) is 0 Å². The number of imidazole rings is 1. The summed E-state index contributed by atoms with van der Waals surface area (Å²) < 4.78 is 7.38. The highest BCUT2D eigenvalue weighted by Crippen LogP contribution is 2.27. The Kier molecular flexibility index (Phi) is 4.71. The van der Waals surface area contributed by atoms with E-state index in [0.29, 0.717) is 25.6 Å². The van der Waals surface area contributed by atoms with E-state index in [4.69, 9.17) is 9.84 Å². The van der Waals surface area contributed by atoms with Gasteiger partial charge in [-0.25, -0.2) is 9.97 Å². The predicted molar refractivity (Wildman–Crippen MR) is 108 cm³/mol. The summed E-state index contributed by atoms with van der Waals surface area (Å²) in [5.74, 6) is 1.49. The number of hydrogen-bond acceptors (Lipinski definition) is 7. The molecule has 1 saturated heterocycles. The Labute approximate surface area is 167 Å². The van der Waals surface area contributed by atoms with Gasteiger partial charge in [0.25, 0.3) is 0 Å². The molecule has 0 saturated carbocycles. The number of aromatic nitrogens is 5. The van der Waals surface area contributed by atoms with Crippen LogP contribution in [0, 0.1) is 0 Å². The molecule has 1 N–H and O–H groups in total. The number of ether oxygens (including phenoxy) is 1. The molecular formula is C20H20N8O. The van der Waals surface area contributed by atoms with Crippen molar-refractivity contribution in [3.05, 3.63) is 60.7 Å². The van der Waals surface area contributed by atoms with Gasteiger partial charge in [-0.15, -0.1) is 5.11 Å². The highest BCUT2D eigenvalue weighted by molar-refractivity contribution is 5.67. The van der Waals surface area contributed by atoms with E-state index in [1.54, 1.807) is 12.5 Å². The number of benzene rings is 1. The lowest BCUT2D eigenvalue weighted by molar-refractivity contribution is 0.122. The molecule has 146 valence electrons. The third-order valence-electron chi connectivity index (χ3n) is 4.77. The van der Waals surface area contributed by atoms with Crippen LogP contribution >= 0.6 is 0 Å². The fourth-order valence-electron chi connectivity index (χ4n) is 3.32. The average Bonchev–Trinajstić information content (AvgIpc) is 3.44. The Morgan fingerprint density at radius 1 is 1.10 bits per heavy atom. The normalized spacial score (nSPS) is 14.8. The lowest BCUT2D eigenvalue weighted by Crippen LogP contribution is -2.37. The number of aromatic amines is 1. The Balaban J connectivity index is 1.54. The quantitative estimate of drug-likeness (QED) is 0.530. The van der Waals surface area contributed by atoms with Crippen molar-refractivity contribution in [1.82, 2.24) is 24.6 Å².